The Bertz CT molecular complexity index is 292. The largest absolute Gasteiger partial charge is 0.393 e. The summed E-state index contributed by atoms with van der Waals surface area (Å²) in [4.78, 5) is 0. The van der Waals surface area contributed by atoms with Crippen LogP contribution in [0.2, 0.25) is 0 Å². The fourth-order valence-corrected chi connectivity index (χ4v) is 5.03. The van der Waals surface area contributed by atoms with Crippen LogP contribution >= 0.6 is 0 Å². The zero-order chi connectivity index (χ0) is 23.3. The van der Waals surface area contributed by atoms with E-state index < -0.39 is 0 Å². The van der Waals surface area contributed by atoms with E-state index in [1.807, 2.05) is 0 Å². The Morgan fingerprint density at radius 3 is 0.485 bits per heavy atom. The van der Waals surface area contributed by atoms with Crippen LogP contribution in [0.5, 0.6) is 0 Å². The summed E-state index contributed by atoms with van der Waals surface area (Å²) in [5.74, 6) is 0. The first-order valence-electron chi connectivity index (χ1n) is 14.3. The molecule has 4 nitrogen and oxygen atoms in total. The quantitative estimate of drug-likeness (QED) is 0.198. The molecule has 0 aromatic rings. The van der Waals surface area contributed by atoms with E-state index in [0.717, 1.165) is 51.4 Å². The van der Waals surface area contributed by atoms with E-state index in [2.05, 4.69) is 0 Å². The van der Waals surface area contributed by atoms with Crippen LogP contribution in [0.25, 0.3) is 0 Å². The molecule has 0 atom stereocenters. The van der Waals surface area contributed by atoms with Gasteiger partial charge in [0.25, 0.3) is 0 Å². The minimum absolute atomic E-state index is 0. The topological polar surface area (TPSA) is 80.9 Å². The SMILES string of the molecule is OC1CCCCCC1.OC1CCCCCC1.OC1CCCCCC1.OC1CCCCCC1.[Nb]. The summed E-state index contributed by atoms with van der Waals surface area (Å²) in [6, 6.07) is 0. The Labute approximate surface area is 220 Å². The van der Waals surface area contributed by atoms with Gasteiger partial charge in [0, 0.05) is 22.4 Å². The molecule has 33 heavy (non-hydrogen) atoms. The van der Waals surface area contributed by atoms with E-state index >= 15 is 0 Å². The monoisotopic (exact) mass is 549 g/mol. The third kappa shape index (κ3) is 22.8. The van der Waals surface area contributed by atoms with E-state index in [1.54, 1.807) is 0 Å². The van der Waals surface area contributed by atoms with E-state index in [1.165, 1.54) is 103 Å². The average Bonchev–Trinajstić information content (AvgIpc) is 3.35. The van der Waals surface area contributed by atoms with E-state index in [-0.39, 0.29) is 46.8 Å². The van der Waals surface area contributed by atoms with Gasteiger partial charge in [0.1, 0.15) is 0 Å². The molecule has 0 saturated heterocycles. The first-order valence-corrected chi connectivity index (χ1v) is 14.3. The van der Waals surface area contributed by atoms with E-state index in [9.17, 15) is 0 Å². The molecule has 0 bridgehead atoms. The molecular weight excluding hydrogens is 493 g/mol. The predicted molar refractivity (Wildman–Crippen MR) is 135 cm³/mol. The molecule has 4 aliphatic rings. The molecule has 4 fully saturated rings. The molecule has 4 saturated carbocycles. The first-order chi connectivity index (χ1) is 15.6. The van der Waals surface area contributed by atoms with Crippen molar-refractivity contribution in [3.05, 3.63) is 0 Å². The minimum Gasteiger partial charge on any atom is -0.393 e. The van der Waals surface area contributed by atoms with Crippen molar-refractivity contribution >= 4 is 0 Å². The van der Waals surface area contributed by atoms with Crippen molar-refractivity contribution in [3.8, 4) is 0 Å². The molecule has 0 spiro atoms. The normalized spacial score (nSPS) is 24.4. The smallest absolute Gasteiger partial charge is 0.0540 e. The zero-order valence-corrected chi connectivity index (χ0v) is 23.7. The molecule has 0 unspecified atom stereocenters. The molecule has 5 heteroatoms. The van der Waals surface area contributed by atoms with Crippen molar-refractivity contribution in [2.24, 2.45) is 0 Å². The van der Waals surface area contributed by atoms with Gasteiger partial charge in [0.15, 0.2) is 0 Å². The summed E-state index contributed by atoms with van der Waals surface area (Å²) in [6.07, 6.45) is 29.0. The average molecular weight is 550 g/mol. The van der Waals surface area contributed by atoms with Crippen LogP contribution in [0.3, 0.4) is 0 Å². The Hall–Kier alpha value is 0.580. The zero-order valence-electron chi connectivity index (χ0n) is 21.5. The predicted octanol–water partition coefficient (Wildman–Crippen LogP) is 6.80. The third-order valence-corrected chi connectivity index (χ3v) is 7.30. The Balaban J connectivity index is 0.000000410. The fraction of sp³-hybridized carbons (Fsp3) is 1.00. The number of aliphatic hydroxyl groups is 4. The number of hydrogen-bond acceptors (Lipinski definition) is 4. The maximum atomic E-state index is 9.09. The second kappa shape index (κ2) is 24.3. The Morgan fingerprint density at radius 2 is 0.364 bits per heavy atom. The maximum absolute atomic E-state index is 9.09. The fourth-order valence-electron chi connectivity index (χ4n) is 5.03. The van der Waals surface area contributed by atoms with Gasteiger partial charge in [-0.05, 0) is 51.4 Å². The second-order valence-electron chi connectivity index (χ2n) is 10.6. The summed E-state index contributed by atoms with van der Waals surface area (Å²) in [6.45, 7) is 0. The molecule has 4 N–H and O–H groups in total. The minimum atomic E-state index is 0. The van der Waals surface area contributed by atoms with Gasteiger partial charge in [-0.25, -0.2) is 0 Å². The molecule has 4 aliphatic carbocycles. The van der Waals surface area contributed by atoms with Crippen LogP contribution in [-0.2, 0) is 22.4 Å². The second-order valence-corrected chi connectivity index (χ2v) is 10.6. The van der Waals surface area contributed by atoms with Crippen molar-refractivity contribution < 1.29 is 42.8 Å². The van der Waals surface area contributed by atoms with E-state index in [4.69, 9.17) is 20.4 Å². The Morgan fingerprint density at radius 1 is 0.242 bits per heavy atom. The van der Waals surface area contributed by atoms with Crippen LogP contribution in [0, 0.1) is 0 Å². The number of hydrogen-bond donors (Lipinski definition) is 4. The third-order valence-electron chi connectivity index (χ3n) is 7.30. The van der Waals surface area contributed by atoms with E-state index in [0.29, 0.717) is 0 Å². The van der Waals surface area contributed by atoms with Crippen LogP contribution in [0.4, 0.5) is 0 Å². The van der Waals surface area contributed by atoms with Gasteiger partial charge in [0.2, 0.25) is 0 Å². The van der Waals surface area contributed by atoms with Gasteiger partial charge in [-0.3, -0.25) is 0 Å². The molecule has 0 heterocycles. The molecule has 1 radical (unpaired) electrons. The van der Waals surface area contributed by atoms with Crippen LogP contribution in [0.15, 0.2) is 0 Å². The molecule has 0 aromatic carbocycles. The van der Waals surface area contributed by atoms with Gasteiger partial charge >= 0.3 is 0 Å². The Kier molecular flexibility index (Phi) is 24.7. The summed E-state index contributed by atoms with van der Waals surface area (Å²) in [7, 11) is 0. The standard InChI is InChI=1S/4C7H14O.Nb/c4*8-7-5-3-1-2-4-6-7;/h4*7-8H,1-6H2;. The van der Waals surface area contributed by atoms with Gasteiger partial charge in [-0.2, -0.15) is 0 Å². The van der Waals surface area contributed by atoms with Crippen LogP contribution in [-0.4, -0.2) is 44.8 Å². The molecule has 197 valence electrons. The van der Waals surface area contributed by atoms with Gasteiger partial charge < -0.3 is 20.4 Å². The molecule has 0 aromatic heterocycles. The summed E-state index contributed by atoms with van der Waals surface area (Å²) in [5.41, 5.74) is 0. The van der Waals surface area contributed by atoms with Crippen LogP contribution in [0.1, 0.15) is 154 Å². The van der Waals surface area contributed by atoms with Crippen molar-refractivity contribution in [1.82, 2.24) is 0 Å². The summed E-state index contributed by atoms with van der Waals surface area (Å²) >= 11 is 0. The molecular formula is C28H56NbO4. The summed E-state index contributed by atoms with van der Waals surface area (Å²) in [5, 5.41) is 36.4. The maximum Gasteiger partial charge on any atom is 0.0540 e. The van der Waals surface area contributed by atoms with Gasteiger partial charge in [0.05, 0.1) is 24.4 Å². The number of rotatable bonds is 0. The van der Waals surface area contributed by atoms with Crippen LogP contribution < -0.4 is 0 Å². The number of aliphatic hydroxyl groups excluding tert-OH is 4. The molecule has 0 amide bonds. The molecule has 4 rings (SSSR count). The van der Waals surface area contributed by atoms with Crippen molar-refractivity contribution in [1.29, 1.82) is 0 Å². The molecule has 0 aliphatic heterocycles. The van der Waals surface area contributed by atoms with Gasteiger partial charge in [-0.1, -0.05) is 103 Å². The van der Waals surface area contributed by atoms with Crippen molar-refractivity contribution in [2.45, 2.75) is 179 Å². The van der Waals surface area contributed by atoms with Crippen molar-refractivity contribution in [3.63, 3.8) is 0 Å². The van der Waals surface area contributed by atoms with Gasteiger partial charge in [-0.15, -0.1) is 0 Å². The van der Waals surface area contributed by atoms with Crippen molar-refractivity contribution in [2.75, 3.05) is 0 Å². The first kappa shape index (κ1) is 33.6. The summed E-state index contributed by atoms with van der Waals surface area (Å²) < 4.78 is 0.